The van der Waals surface area contributed by atoms with Gasteiger partial charge in [0.1, 0.15) is 0 Å². The minimum atomic E-state index is -0.255. The van der Waals surface area contributed by atoms with Gasteiger partial charge in [0.2, 0.25) is 17.7 Å². The molecule has 0 aliphatic heterocycles. The van der Waals surface area contributed by atoms with Crippen LogP contribution in [0.2, 0.25) is 0 Å². The van der Waals surface area contributed by atoms with E-state index in [1.54, 1.807) is 7.05 Å². The highest BCUT2D eigenvalue weighted by molar-refractivity contribution is 5.95. The van der Waals surface area contributed by atoms with E-state index in [-0.39, 0.29) is 36.2 Å². The summed E-state index contributed by atoms with van der Waals surface area (Å²) >= 11 is 0. The van der Waals surface area contributed by atoms with E-state index in [4.69, 9.17) is 0 Å². The normalized spacial score (nSPS) is 28.3. The highest BCUT2D eigenvalue weighted by Crippen LogP contribution is 2.61. The summed E-state index contributed by atoms with van der Waals surface area (Å²) in [5.74, 6) is 1.90. The van der Waals surface area contributed by atoms with Crippen LogP contribution in [0.15, 0.2) is 18.2 Å². The monoisotopic (exact) mass is 425 g/mol. The Morgan fingerprint density at radius 2 is 1.61 bits per heavy atom. The van der Waals surface area contributed by atoms with Gasteiger partial charge in [-0.25, -0.2) is 0 Å². The second-order valence-corrected chi connectivity index (χ2v) is 10.5. The maximum Gasteiger partial charge on any atom is 0.243 e. The van der Waals surface area contributed by atoms with Crippen molar-refractivity contribution in [2.24, 2.45) is 23.2 Å². The van der Waals surface area contributed by atoms with Crippen molar-refractivity contribution in [3.05, 3.63) is 29.3 Å². The molecular formula is C25H35N3O3. The van der Waals surface area contributed by atoms with Gasteiger partial charge in [-0.3, -0.25) is 14.4 Å². The van der Waals surface area contributed by atoms with Gasteiger partial charge in [0.15, 0.2) is 0 Å². The molecule has 0 heterocycles. The first kappa shape index (κ1) is 21.8. The van der Waals surface area contributed by atoms with E-state index in [1.165, 1.54) is 43.4 Å². The van der Waals surface area contributed by atoms with Crippen LogP contribution >= 0.6 is 0 Å². The fourth-order valence-corrected chi connectivity index (χ4v) is 6.58. The fraction of sp³-hybridized carbons (Fsp3) is 0.640. The number of aryl methyl sites for hydroxylation is 2. The van der Waals surface area contributed by atoms with Gasteiger partial charge in [0.25, 0.3) is 0 Å². The first-order valence-electron chi connectivity index (χ1n) is 11.6. The number of nitrogens with one attached hydrogen (secondary N) is 2. The molecule has 6 heteroatoms. The van der Waals surface area contributed by atoms with E-state index in [9.17, 15) is 14.4 Å². The quantitative estimate of drug-likeness (QED) is 0.703. The van der Waals surface area contributed by atoms with E-state index in [0.29, 0.717) is 6.42 Å². The third-order valence-corrected chi connectivity index (χ3v) is 7.61. The molecule has 168 valence electrons. The standard InChI is InChI=1S/C25H35N3O3/c1-16-4-5-17(2)21(6-16)27-23(30)15-28(3)24(31)14-26-22(29)13-25-10-18-7-19(11-25)9-20(8-18)12-25/h4-6,18-20H,7-15H2,1-3H3,(H,26,29)(H,27,30). The molecule has 5 rings (SSSR count). The minimum absolute atomic E-state index is 0.0245. The molecule has 4 aliphatic rings. The first-order chi connectivity index (χ1) is 14.7. The number of amides is 3. The van der Waals surface area contributed by atoms with Gasteiger partial charge in [-0.2, -0.15) is 0 Å². The Labute approximate surface area is 185 Å². The van der Waals surface area contributed by atoms with Gasteiger partial charge in [0.05, 0.1) is 13.1 Å². The van der Waals surface area contributed by atoms with E-state index < -0.39 is 0 Å². The minimum Gasteiger partial charge on any atom is -0.347 e. The summed E-state index contributed by atoms with van der Waals surface area (Å²) in [5.41, 5.74) is 2.96. The van der Waals surface area contributed by atoms with Crippen LogP contribution in [0.4, 0.5) is 5.69 Å². The number of benzene rings is 1. The molecule has 2 N–H and O–H groups in total. The number of carbonyl (C=O) groups excluding carboxylic acids is 3. The molecule has 0 unspecified atom stereocenters. The molecule has 4 bridgehead atoms. The van der Waals surface area contributed by atoms with Gasteiger partial charge in [-0.15, -0.1) is 0 Å². The Morgan fingerprint density at radius 1 is 1.00 bits per heavy atom. The summed E-state index contributed by atoms with van der Waals surface area (Å²) in [5, 5.41) is 5.68. The molecule has 6 nitrogen and oxygen atoms in total. The average molecular weight is 426 g/mol. The van der Waals surface area contributed by atoms with Crippen LogP contribution in [0.3, 0.4) is 0 Å². The number of carbonyl (C=O) groups is 3. The van der Waals surface area contributed by atoms with Crippen molar-refractivity contribution < 1.29 is 14.4 Å². The molecule has 1 aromatic carbocycles. The second-order valence-electron chi connectivity index (χ2n) is 10.5. The molecule has 0 radical (unpaired) electrons. The van der Waals surface area contributed by atoms with Crippen LogP contribution < -0.4 is 10.6 Å². The fourth-order valence-electron chi connectivity index (χ4n) is 6.58. The Bertz CT molecular complexity index is 843. The van der Waals surface area contributed by atoms with Crippen LogP contribution in [-0.2, 0) is 14.4 Å². The van der Waals surface area contributed by atoms with E-state index in [1.807, 2.05) is 32.0 Å². The molecule has 4 aliphatic carbocycles. The summed E-state index contributed by atoms with van der Waals surface area (Å²) in [6.07, 6.45) is 8.15. The molecule has 4 saturated carbocycles. The van der Waals surface area contributed by atoms with Crippen LogP contribution in [0.25, 0.3) is 0 Å². The van der Waals surface area contributed by atoms with Crippen molar-refractivity contribution >= 4 is 23.4 Å². The van der Waals surface area contributed by atoms with Crippen LogP contribution in [0.1, 0.15) is 56.1 Å². The summed E-state index contributed by atoms with van der Waals surface area (Å²) in [6, 6.07) is 5.87. The molecule has 0 atom stereocenters. The number of anilines is 1. The van der Waals surface area contributed by atoms with Crippen molar-refractivity contribution in [1.29, 1.82) is 0 Å². The summed E-state index contributed by atoms with van der Waals surface area (Å²) in [7, 11) is 1.59. The van der Waals surface area contributed by atoms with Crippen LogP contribution in [0.5, 0.6) is 0 Å². The second kappa shape index (κ2) is 8.64. The van der Waals surface area contributed by atoms with Gasteiger partial charge in [-0.05, 0) is 92.7 Å². The van der Waals surface area contributed by atoms with Crippen LogP contribution in [0, 0.1) is 37.0 Å². The molecule has 0 spiro atoms. The lowest BCUT2D eigenvalue weighted by Crippen LogP contribution is -2.48. The van der Waals surface area contributed by atoms with Crippen LogP contribution in [-0.4, -0.2) is 42.8 Å². The van der Waals surface area contributed by atoms with E-state index in [0.717, 1.165) is 34.6 Å². The van der Waals surface area contributed by atoms with E-state index in [2.05, 4.69) is 10.6 Å². The molecule has 31 heavy (non-hydrogen) atoms. The smallest absolute Gasteiger partial charge is 0.243 e. The van der Waals surface area contributed by atoms with Gasteiger partial charge >= 0.3 is 0 Å². The van der Waals surface area contributed by atoms with E-state index >= 15 is 0 Å². The van der Waals surface area contributed by atoms with Gasteiger partial charge in [-0.1, -0.05) is 12.1 Å². The zero-order valence-corrected chi connectivity index (χ0v) is 19.0. The third kappa shape index (κ3) is 5.10. The largest absolute Gasteiger partial charge is 0.347 e. The Kier molecular flexibility index (Phi) is 6.09. The number of nitrogens with zero attached hydrogens (tertiary/aromatic N) is 1. The molecule has 0 aromatic heterocycles. The maximum atomic E-state index is 12.6. The van der Waals surface area contributed by atoms with Crippen molar-refractivity contribution in [1.82, 2.24) is 10.2 Å². The molecule has 1 aromatic rings. The predicted molar refractivity (Wildman–Crippen MR) is 120 cm³/mol. The van der Waals surface area contributed by atoms with Gasteiger partial charge < -0.3 is 15.5 Å². The summed E-state index contributed by atoms with van der Waals surface area (Å²) in [6.45, 7) is 3.80. The number of rotatable bonds is 7. The van der Waals surface area contributed by atoms with Crippen molar-refractivity contribution in [2.45, 2.75) is 58.8 Å². The van der Waals surface area contributed by atoms with Crippen molar-refractivity contribution in [2.75, 3.05) is 25.5 Å². The zero-order chi connectivity index (χ0) is 22.2. The SMILES string of the molecule is Cc1ccc(C)c(NC(=O)CN(C)C(=O)CNC(=O)CC23CC4CC(CC(C4)C2)C3)c1. The van der Waals surface area contributed by atoms with Crippen molar-refractivity contribution in [3.8, 4) is 0 Å². The predicted octanol–water partition coefficient (Wildman–Crippen LogP) is 3.42. The highest BCUT2D eigenvalue weighted by atomic mass is 16.2. The maximum absolute atomic E-state index is 12.6. The molecule has 0 saturated heterocycles. The Morgan fingerprint density at radius 3 is 2.23 bits per heavy atom. The zero-order valence-electron chi connectivity index (χ0n) is 19.0. The lowest BCUT2D eigenvalue weighted by molar-refractivity contribution is -0.136. The number of hydrogen-bond donors (Lipinski definition) is 2. The lowest BCUT2D eigenvalue weighted by atomic mass is 9.49. The van der Waals surface area contributed by atoms with Gasteiger partial charge in [0, 0.05) is 19.2 Å². The summed E-state index contributed by atoms with van der Waals surface area (Å²) in [4.78, 5) is 38.8. The first-order valence-corrected chi connectivity index (χ1v) is 11.6. The molecular weight excluding hydrogens is 390 g/mol. The highest BCUT2D eigenvalue weighted by Gasteiger charge is 2.51. The molecule has 4 fully saturated rings. The third-order valence-electron chi connectivity index (χ3n) is 7.61. The van der Waals surface area contributed by atoms with Crippen molar-refractivity contribution in [3.63, 3.8) is 0 Å². The topological polar surface area (TPSA) is 78.5 Å². The Hall–Kier alpha value is -2.37. The number of likely N-dealkylation sites (N-methyl/N-ethyl adjacent to an activating group) is 1. The Balaban J connectivity index is 1.22. The average Bonchev–Trinajstić information content (AvgIpc) is 2.67. The summed E-state index contributed by atoms with van der Waals surface area (Å²) < 4.78 is 0. The molecule has 3 amide bonds. The number of hydrogen-bond acceptors (Lipinski definition) is 3. The lowest BCUT2D eigenvalue weighted by Gasteiger charge is -2.56.